The number of nitrogens with zero attached hydrogens (tertiary/aromatic N) is 1. The van der Waals surface area contributed by atoms with E-state index in [1.54, 1.807) is 7.11 Å². The molecule has 3 aromatic rings. The zero-order chi connectivity index (χ0) is 13.2. The van der Waals surface area contributed by atoms with Crippen LogP contribution in [-0.4, -0.2) is 17.1 Å². The maximum Gasteiger partial charge on any atom is 0.122 e. The van der Waals surface area contributed by atoms with Crippen LogP contribution in [0.5, 0.6) is 5.75 Å². The van der Waals surface area contributed by atoms with Gasteiger partial charge in [0.1, 0.15) is 17.1 Å². The second kappa shape index (κ2) is 5.05. The van der Waals surface area contributed by atoms with Crippen molar-refractivity contribution in [3.05, 3.63) is 58.3 Å². The molecule has 1 heterocycles. The van der Waals surface area contributed by atoms with Gasteiger partial charge < -0.3 is 9.72 Å². The Bertz CT molecular complexity index is 707. The number of methoxy groups -OCH3 is 1. The molecule has 0 atom stereocenters. The van der Waals surface area contributed by atoms with Gasteiger partial charge in [-0.1, -0.05) is 30.3 Å². The molecule has 0 bridgehead atoms. The summed E-state index contributed by atoms with van der Waals surface area (Å²) in [7, 11) is 1.66. The highest BCUT2D eigenvalue weighted by atomic mass is 79.9. The zero-order valence-electron chi connectivity index (χ0n) is 10.5. The molecule has 0 aliphatic heterocycles. The lowest BCUT2D eigenvalue weighted by Crippen LogP contribution is -1.89. The second-order valence-electron chi connectivity index (χ2n) is 4.35. The summed E-state index contributed by atoms with van der Waals surface area (Å²) < 4.78 is 6.19. The molecule has 0 saturated heterocycles. The van der Waals surface area contributed by atoms with Gasteiger partial charge in [-0.3, -0.25) is 0 Å². The number of nitrogens with one attached hydrogen (secondary N) is 1. The van der Waals surface area contributed by atoms with Crippen LogP contribution in [0, 0.1) is 0 Å². The van der Waals surface area contributed by atoms with Gasteiger partial charge in [0, 0.05) is 17.0 Å². The van der Waals surface area contributed by atoms with Crippen LogP contribution in [0.1, 0.15) is 11.4 Å². The second-order valence-corrected chi connectivity index (χ2v) is 5.21. The standard InChI is InChI=1S/C15H13BrN2O/c1-19-11-8-12(16)15-13(9-11)17-14(18-15)7-10-5-3-2-4-6-10/h2-6,8-9H,7H2,1H3,(H,17,18). The zero-order valence-corrected chi connectivity index (χ0v) is 12.1. The Labute approximate surface area is 119 Å². The van der Waals surface area contributed by atoms with Crippen molar-refractivity contribution in [2.75, 3.05) is 7.11 Å². The highest BCUT2D eigenvalue weighted by molar-refractivity contribution is 9.10. The van der Waals surface area contributed by atoms with E-state index in [2.05, 4.69) is 38.0 Å². The maximum atomic E-state index is 5.25. The van der Waals surface area contributed by atoms with E-state index in [9.17, 15) is 0 Å². The van der Waals surface area contributed by atoms with E-state index in [4.69, 9.17) is 4.74 Å². The molecule has 2 aromatic carbocycles. The molecule has 0 radical (unpaired) electrons. The van der Waals surface area contributed by atoms with Gasteiger partial charge in [-0.2, -0.15) is 0 Å². The number of fused-ring (bicyclic) bond motifs is 1. The van der Waals surface area contributed by atoms with Gasteiger partial charge in [-0.15, -0.1) is 0 Å². The Morgan fingerprint density at radius 2 is 2.00 bits per heavy atom. The normalized spacial score (nSPS) is 10.8. The highest BCUT2D eigenvalue weighted by Gasteiger charge is 2.08. The Hall–Kier alpha value is -1.81. The predicted octanol–water partition coefficient (Wildman–Crippen LogP) is 3.92. The summed E-state index contributed by atoms with van der Waals surface area (Å²) in [6.07, 6.45) is 0.796. The summed E-state index contributed by atoms with van der Waals surface area (Å²) in [4.78, 5) is 7.96. The molecule has 96 valence electrons. The number of benzene rings is 2. The van der Waals surface area contributed by atoms with Gasteiger partial charge in [-0.05, 0) is 27.6 Å². The first-order valence-electron chi connectivity index (χ1n) is 6.02. The number of halogens is 1. The lowest BCUT2D eigenvalue weighted by atomic mass is 10.1. The average molecular weight is 317 g/mol. The number of H-pyrrole nitrogens is 1. The molecule has 0 aliphatic rings. The molecule has 0 aliphatic carbocycles. The molecule has 0 spiro atoms. The first-order chi connectivity index (χ1) is 9.26. The molecule has 4 heteroatoms. The lowest BCUT2D eigenvalue weighted by molar-refractivity contribution is 0.415. The SMILES string of the molecule is COc1cc(Br)c2nc(Cc3ccccc3)[nH]c2c1. The maximum absolute atomic E-state index is 5.25. The number of hydrogen-bond donors (Lipinski definition) is 1. The molecule has 0 fully saturated rings. The Morgan fingerprint density at radius 1 is 1.21 bits per heavy atom. The third kappa shape index (κ3) is 2.49. The summed E-state index contributed by atoms with van der Waals surface area (Å²) in [5, 5.41) is 0. The summed E-state index contributed by atoms with van der Waals surface area (Å²) in [6.45, 7) is 0. The fourth-order valence-electron chi connectivity index (χ4n) is 2.09. The summed E-state index contributed by atoms with van der Waals surface area (Å²) >= 11 is 3.52. The molecular weight excluding hydrogens is 304 g/mol. The number of aromatic amines is 1. The first kappa shape index (κ1) is 12.2. The van der Waals surface area contributed by atoms with Crippen LogP contribution in [0.25, 0.3) is 11.0 Å². The molecule has 1 aromatic heterocycles. The molecule has 3 nitrogen and oxygen atoms in total. The van der Waals surface area contributed by atoms with Crippen LogP contribution in [0.2, 0.25) is 0 Å². The van der Waals surface area contributed by atoms with E-state index < -0.39 is 0 Å². The summed E-state index contributed by atoms with van der Waals surface area (Å²) in [6, 6.07) is 14.2. The fourth-order valence-corrected chi connectivity index (χ4v) is 2.62. The predicted molar refractivity (Wildman–Crippen MR) is 79.6 cm³/mol. The quantitative estimate of drug-likeness (QED) is 0.795. The van der Waals surface area contributed by atoms with Crippen molar-refractivity contribution in [1.29, 1.82) is 0 Å². The lowest BCUT2D eigenvalue weighted by Gasteiger charge is -1.99. The molecule has 19 heavy (non-hydrogen) atoms. The van der Waals surface area contributed by atoms with E-state index in [0.717, 1.165) is 33.5 Å². The number of rotatable bonds is 3. The van der Waals surface area contributed by atoms with Crippen molar-refractivity contribution in [1.82, 2.24) is 9.97 Å². The van der Waals surface area contributed by atoms with Crippen LogP contribution < -0.4 is 4.74 Å². The van der Waals surface area contributed by atoms with Gasteiger partial charge >= 0.3 is 0 Å². The number of hydrogen-bond acceptors (Lipinski definition) is 2. The topological polar surface area (TPSA) is 37.9 Å². The van der Waals surface area contributed by atoms with E-state index in [0.29, 0.717) is 0 Å². The molecule has 0 saturated carbocycles. The summed E-state index contributed by atoms with van der Waals surface area (Å²) in [5.74, 6) is 1.77. The minimum Gasteiger partial charge on any atom is -0.497 e. The summed E-state index contributed by atoms with van der Waals surface area (Å²) in [5.41, 5.74) is 3.16. The van der Waals surface area contributed by atoms with Crippen LogP contribution in [0.4, 0.5) is 0 Å². The average Bonchev–Trinajstić information content (AvgIpc) is 2.83. The van der Waals surface area contributed by atoms with E-state index in [-0.39, 0.29) is 0 Å². The molecule has 3 rings (SSSR count). The number of ether oxygens (including phenoxy) is 1. The molecule has 0 unspecified atom stereocenters. The van der Waals surface area contributed by atoms with Gasteiger partial charge in [0.25, 0.3) is 0 Å². The van der Waals surface area contributed by atoms with Crippen molar-refractivity contribution in [3.8, 4) is 5.75 Å². The fraction of sp³-hybridized carbons (Fsp3) is 0.133. The van der Waals surface area contributed by atoms with E-state index in [1.165, 1.54) is 5.56 Å². The van der Waals surface area contributed by atoms with Gasteiger partial charge in [-0.25, -0.2) is 4.98 Å². The highest BCUT2D eigenvalue weighted by Crippen LogP contribution is 2.28. The molecule has 1 N–H and O–H groups in total. The van der Waals surface area contributed by atoms with Gasteiger partial charge in [0.2, 0.25) is 0 Å². The third-order valence-corrected chi connectivity index (χ3v) is 3.62. The van der Waals surface area contributed by atoms with Gasteiger partial charge in [0.05, 0.1) is 12.6 Å². The Kier molecular flexibility index (Phi) is 3.25. The van der Waals surface area contributed by atoms with Crippen molar-refractivity contribution < 1.29 is 4.74 Å². The van der Waals surface area contributed by atoms with Crippen LogP contribution >= 0.6 is 15.9 Å². The van der Waals surface area contributed by atoms with Crippen molar-refractivity contribution in [2.24, 2.45) is 0 Å². The molecular formula is C15H13BrN2O. The molecule has 0 amide bonds. The van der Waals surface area contributed by atoms with Crippen LogP contribution in [0.3, 0.4) is 0 Å². The van der Waals surface area contributed by atoms with Crippen LogP contribution in [-0.2, 0) is 6.42 Å². The number of aromatic nitrogens is 2. The van der Waals surface area contributed by atoms with Crippen molar-refractivity contribution in [2.45, 2.75) is 6.42 Å². The van der Waals surface area contributed by atoms with Gasteiger partial charge in [0.15, 0.2) is 0 Å². The van der Waals surface area contributed by atoms with E-state index >= 15 is 0 Å². The first-order valence-corrected chi connectivity index (χ1v) is 6.81. The van der Waals surface area contributed by atoms with E-state index in [1.807, 2.05) is 30.3 Å². The minimum atomic E-state index is 0.796. The largest absolute Gasteiger partial charge is 0.497 e. The Balaban J connectivity index is 2.00. The van der Waals surface area contributed by atoms with Crippen molar-refractivity contribution in [3.63, 3.8) is 0 Å². The minimum absolute atomic E-state index is 0.796. The van der Waals surface area contributed by atoms with Crippen LogP contribution in [0.15, 0.2) is 46.9 Å². The third-order valence-electron chi connectivity index (χ3n) is 3.01. The van der Waals surface area contributed by atoms with Crippen molar-refractivity contribution >= 4 is 27.0 Å². The Morgan fingerprint density at radius 3 is 2.74 bits per heavy atom. The smallest absolute Gasteiger partial charge is 0.122 e. The number of imidazole rings is 1. The monoisotopic (exact) mass is 316 g/mol.